The van der Waals surface area contributed by atoms with Gasteiger partial charge in [-0.05, 0) is 53.1 Å². The maximum absolute atomic E-state index is 12.8. The molecule has 11 nitrogen and oxygen atoms in total. The molecule has 160 valence electrons. The van der Waals surface area contributed by atoms with E-state index in [-0.39, 0.29) is 24.2 Å². The van der Waals surface area contributed by atoms with Gasteiger partial charge in [0.15, 0.2) is 0 Å². The van der Waals surface area contributed by atoms with Crippen molar-refractivity contribution in [3.63, 3.8) is 0 Å². The van der Waals surface area contributed by atoms with Crippen LogP contribution in [0.2, 0.25) is 0 Å². The lowest BCUT2D eigenvalue weighted by Gasteiger charge is -2.27. The molecule has 4 rings (SSSR count). The normalized spacial score (nSPS) is 14.1. The summed E-state index contributed by atoms with van der Waals surface area (Å²) < 4.78 is 1.47. The summed E-state index contributed by atoms with van der Waals surface area (Å²) in [5, 5.41) is 23.6. The van der Waals surface area contributed by atoms with Crippen molar-refractivity contribution in [3.05, 3.63) is 47.3 Å². The third-order valence-electron chi connectivity index (χ3n) is 5.17. The zero-order chi connectivity index (χ0) is 22.0. The molecule has 0 saturated heterocycles. The highest BCUT2D eigenvalue weighted by molar-refractivity contribution is 6.02. The van der Waals surface area contributed by atoms with Crippen LogP contribution in [0.25, 0.3) is 11.5 Å². The summed E-state index contributed by atoms with van der Waals surface area (Å²) >= 11 is 0. The third kappa shape index (κ3) is 4.26. The van der Waals surface area contributed by atoms with Crippen molar-refractivity contribution in [2.45, 2.75) is 32.9 Å². The van der Waals surface area contributed by atoms with Crippen molar-refractivity contribution in [2.24, 2.45) is 0 Å². The van der Waals surface area contributed by atoms with Crippen LogP contribution >= 0.6 is 0 Å². The van der Waals surface area contributed by atoms with E-state index in [9.17, 15) is 14.7 Å². The molecule has 1 atom stereocenters. The van der Waals surface area contributed by atoms with Crippen LogP contribution in [-0.4, -0.2) is 65.1 Å². The lowest BCUT2D eigenvalue weighted by atomic mass is 10.0. The largest absolute Gasteiger partial charge is 0.394 e. The van der Waals surface area contributed by atoms with E-state index in [1.165, 1.54) is 11.6 Å². The number of tetrazole rings is 1. The van der Waals surface area contributed by atoms with Gasteiger partial charge in [0.1, 0.15) is 17.2 Å². The summed E-state index contributed by atoms with van der Waals surface area (Å²) in [5.74, 6) is 0.301. The Labute approximate surface area is 178 Å². The van der Waals surface area contributed by atoms with Crippen molar-refractivity contribution in [3.8, 4) is 11.5 Å². The maximum Gasteiger partial charge on any atom is 0.275 e. The topological polar surface area (TPSA) is 139 Å². The van der Waals surface area contributed by atoms with Crippen LogP contribution in [0, 0.1) is 0 Å². The molecule has 1 aliphatic rings. The van der Waals surface area contributed by atoms with Gasteiger partial charge < -0.3 is 15.3 Å². The van der Waals surface area contributed by atoms with E-state index in [0.717, 1.165) is 11.1 Å². The summed E-state index contributed by atoms with van der Waals surface area (Å²) in [7, 11) is 0. The highest BCUT2D eigenvalue weighted by Gasteiger charge is 2.21. The summed E-state index contributed by atoms with van der Waals surface area (Å²) in [5.41, 5.74) is 2.66. The lowest BCUT2D eigenvalue weighted by Crippen LogP contribution is -2.34. The Morgan fingerprint density at radius 1 is 1.29 bits per heavy atom. The van der Waals surface area contributed by atoms with E-state index in [1.54, 1.807) is 42.3 Å². The average Bonchev–Trinajstić information content (AvgIpc) is 3.28. The van der Waals surface area contributed by atoms with E-state index in [4.69, 9.17) is 0 Å². The van der Waals surface area contributed by atoms with Gasteiger partial charge in [0, 0.05) is 26.2 Å². The molecule has 1 aliphatic heterocycles. The predicted molar refractivity (Wildman–Crippen MR) is 110 cm³/mol. The van der Waals surface area contributed by atoms with E-state index in [0.29, 0.717) is 36.8 Å². The number of hydrogen-bond acceptors (Lipinski definition) is 8. The van der Waals surface area contributed by atoms with Crippen molar-refractivity contribution in [1.29, 1.82) is 0 Å². The number of anilines is 1. The van der Waals surface area contributed by atoms with E-state index >= 15 is 0 Å². The maximum atomic E-state index is 12.8. The lowest BCUT2D eigenvalue weighted by molar-refractivity contribution is -0.129. The van der Waals surface area contributed by atoms with Crippen LogP contribution in [0.1, 0.15) is 41.5 Å². The van der Waals surface area contributed by atoms with E-state index < -0.39 is 5.91 Å². The molecule has 0 aliphatic carbocycles. The Morgan fingerprint density at radius 3 is 2.90 bits per heavy atom. The smallest absolute Gasteiger partial charge is 0.275 e. The standard InChI is InChI=1S/C20H22N8O3/c1-12(11-29)28-19(24-25-26-28)16-4-3-5-18(22-16)23-20(31)17-8-15-10-27(13(2)30)7-6-14(15)9-21-17/h3-5,8-9,12,29H,6-7,10-11H2,1-2H3,(H,22,23,31)/t12-/m1/s1. The van der Waals surface area contributed by atoms with Gasteiger partial charge in [0.2, 0.25) is 11.7 Å². The number of fused-ring (bicyclic) bond motifs is 1. The quantitative estimate of drug-likeness (QED) is 0.617. The first-order chi connectivity index (χ1) is 15.0. The van der Waals surface area contributed by atoms with Gasteiger partial charge in [-0.2, -0.15) is 0 Å². The first kappa shape index (κ1) is 20.5. The summed E-state index contributed by atoms with van der Waals surface area (Å²) in [6, 6.07) is 6.49. The molecular weight excluding hydrogens is 400 g/mol. The molecule has 31 heavy (non-hydrogen) atoms. The van der Waals surface area contributed by atoms with Gasteiger partial charge in [-0.1, -0.05) is 6.07 Å². The van der Waals surface area contributed by atoms with Crippen LogP contribution < -0.4 is 5.32 Å². The van der Waals surface area contributed by atoms with Crippen molar-refractivity contribution in [2.75, 3.05) is 18.5 Å². The van der Waals surface area contributed by atoms with Gasteiger partial charge in [0.25, 0.3) is 5.91 Å². The van der Waals surface area contributed by atoms with Crippen molar-refractivity contribution in [1.82, 2.24) is 35.1 Å². The average molecular weight is 422 g/mol. The Kier molecular flexibility index (Phi) is 5.67. The molecule has 2 amide bonds. The number of hydrogen-bond donors (Lipinski definition) is 2. The molecule has 3 aromatic rings. The first-order valence-corrected chi connectivity index (χ1v) is 9.87. The van der Waals surface area contributed by atoms with Gasteiger partial charge >= 0.3 is 0 Å². The molecule has 0 unspecified atom stereocenters. The number of nitrogens with zero attached hydrogens (tertiary/aromatic N) is 7. The van der Waals surface area contributed by atoms with E-state index in [2.05, 4.69) is 30.8 Å². The van der Waals surface area contributed by atoms with Gasteiger partial charge in [-0.3, -0.25) is 14.6 Å². The Hall–Kier alpha value is -3.73. The van der Waals surface area contributed by atoms with Gasteiger partial charge in [-0.15, -0.1) is 5.10 Å². The van der Waals surface area contributed by atoms with E-state index in [1.807, 2.05) is 0 Å². The molecule has 0 radical (unpaired) electrons. The minimum atomic E-state index is -0.407. The van der Waals surface area contributed by atoms with Crippen LogP contribution in [0.5, 0.6) is 0 Å². The number of aromatic nitrogens is 6. The molecule has 0 spiro atoms. The number of nitrogens with one attached hydrogen (secondary N) is 1. The SMILES string of the molecule is CC(=O)N1CCc2cnc(C(=O)Nc3cccc(-c4nnnn4[C@H](C)CO)n3)cc2C1. The molecule has 3 aromatic heterocycles. The first-order valence-electron chi connectivity index (χ1n) is 9.87. The highest BCUT2D eigenvalue weighted by atomic mass is 16.3. The second kappa shape index (κ2) is 8.56. The fraction of sp³-hybridized carbons (Fsp3) is 0.350. The highest BCUT2D eigenvalue weighted by Crippen LogP contribution is 2.21. The minimum Gasteiger partial charge on any atom is -0.394 e. The Balaban J connectivity index is 1.54. The number of carbonyl (C=O) groups excluding carboxylic acids is 2. The van der Waals surface area contributed by atoms with Gasteiger partial charge in [-0.25, -0.2) is 9.67 Å². The summed E-state index contributed by atoms with van der Waals surface area (Å²) in [4.78, 5) is 34.9. The fourth-order valence-electron chi connectivity index (χ4n) is 3.38. The number of pyridine rings is 2. The zero-order valence-corrected chi connectivity index (χ0v) is 17.2. The Morgan fingerprint density at radius 2 is 2.13 bits per heavy atom. The molecular formula is C20H22N8O3. The third-order valence-corrected chi connectivity index (χ3v) is 5.17. The van der Waals surface area contributed by atoms with Crippen molar-refractivity contribution < 1.29 is 14.7 Å². The number of rotatable bonds is 5. The number of carbonyl (C=O) groups is 2. The van der Waals surface area contributed by atoms with Crippen LogP contribution in [0.15, 0.2) is 30.5 Å². The number of aliphatic hydroxyl groups excluding tert-OH is 1. The van der Waals surface area contributed by atoms with Crippen molar-refractivity contribution >= 4 is 17.6 Å². The second-order valence-corrected chi connectivity index (χ2v) is 7.37. The fourth-order valence-corrected chi connectivity index (χ4v) is 3.38. The molecule has 0 fully saturated rings. The number of aliphatic hydroxyl groups is 1. The van der Waals surface area contributed by atoms with Crippen LogP contribution in [-0.2, 0) is 17.8 Å². The predicted octanol–water partition coefficient (Wildman–Crippen LogP) is 0.840. The zero-order valence-electron chi connectivity index (χ0n) is 17.2. The molecule has 2 N–H and O–H groups in total. The molecule has 4 heterocycles. The number of amides is 2. The molecule has 0 bridgehead atoms. The molecule has 11 heteroatoms. The minimum absolute atomic E-state index is 0.00679. The summed E-state index contributed by atoms with van der Waals surface area (Å²) in [6.45, 7) is 4.31. The molecule has 0 saturated carbocycles. The van der Waals surface area contributed by atoms with Crippen LogP contribution in [0.4, 0.5) is 5.82 Å². The van der Waals surface area contributed by atoms with Crippen LogP contribution in [0.3, 0.4) is 0 Å². The summed E-state index contributed by atoms with van der Waals surface area (Å²) in [6.07, 6.45) is 2.41. The van der Waals surface area contributed by atoms with Gasteiger partial charge in [0.05, 0.1) is 12.6 Å². The molecule has 0 aromatic carbocycles. The second-order valence-electron chi connectivity index (χ2n) is 7.37. The Bertz CT molecular complexity index is 1130. The monoisotopic (exact) mass is 422 g/mol.